The highest BCUT2D eigenvalue weighted by molar-refractivity contribution is 7.25. The predicted molar refractivity (Wildman–Crippen MR) is 245 cm³/mol. The third-order valence-electron chi connectivity index (χ3n) is 11.1. The third-order valence-corrected chi connectivity index (χ3v) is 12.2. The summed E-state index contributed by atoms with van der Waals surface area (Å²) in [5, 5.41) is 6.72. The van der Waals surface area contributed by atoms with Crippen LogP contribution >= 0.6 is 11.3 Å². The van der Waals surface area contributed by atoms with Gasteiger partial charge in [-0.3, -0.25) is 0 Å². The van der Waals surface area contributed by atoms with Crippen molar-refractivity contribution in [3.05, 3.63) is 140 Å². The lowest BCUT2D eigenvalue weighted by Gasteiger charge is -2.34. The molecule has 8 aromatic carbocycles. The van der Waals surface area contributed by atoms with Gasteiger partial charge in [0.1, 0.15) is 39.2 Å². The van der Waals surface area contributed by atoms with E-state index in [2.05, 4.69) is 126 Å². The van der Waals surface area contributed by atoms with Crippen molar-refractivity contribution in [1.29, 1.82) is 0 Å². The minimum absolute atomic E-state index is 0.121. The molecule has 10 radical (unpaired) electrons. The highest BCUT2D eigenvalue weighted by atomic mass is 32.1. The molecule has 0 saturated heterocycles. The summed E-state index contributed by atoms with van der Waals surface area (Å²) in [7, 11) is 32.4. The van der Waals surface area contributed by atoms with Gasteiger partial charge in [-0.1, -0.05) is 114 Å². The summed E-state index contributed by atoms with van der Waals surface area (Å²) in [6.45, 7) is 0. The van der Waals surface area contributed by atoms with Gasteiger partial charge in [-0.15, -0.1) is 27.7 Å². The first-order valence-corrected chi connectivity index (χ1v) is 19.3. The smallest absolute Gasteiger partial charge is 0.164 e. The van der Waals surface area contributed by atoms with Gasteiger partial charge in [0.2, 0.25) is 0 Å². The molecule has 0 fully saturated rings. The molecule has 0 amide bonds. The average Bonchev–Trinajstić information content (AvgIpc) is 3.63. The molecule has 0 atom stereocenters. The van der Waals surface area contributed by atoms with Gasteiger partial charge in [-0.25, -0.2) is 15.0 Å². The van der Waals surface area contributed by atoms with Crippen LogP contribution < -0.4 is 32.2 Å². The fourth-order valence-electron chi connectivity index (χ4n) is 8.34. The highest BCUT2D eigenvalue weighted by Crippen LogP contribution is 2.51. The fraction of sp³-hybridized carbons (Fsp3) is 0. The Balaban J connectivity index is 1.19. The number of rotatable bonds is 4. The van der Waals surface area contributed by atoms with Crippen molar-refractivity contribution in [1.82, 2.24) is 15.0 Å². The van der Waals surface area contributed by atoms with Gasteiger partial charge in [0, 0.05) is 53.5 Å². The van der Waals surface area contributed by atoms with Crippen LogP contribution in [0.15, 0.2) is 140 Å². The molecular formula is C47H23B5N4S. The van der Waals surface area contributed by atoms with Crippen molar-refractivity contribution < 1.29 is 0 Å². The summed E-state index contributed by atoms with van der Waals surface area (Å²) >= 11 is 1.73. The minimum atomic E-state index is 0.121. The Morgan fingerprint density at radius 3 is 1.88 bits per heavy atom. The number of thiophene rings is 1. The van der Waals surface area contributed by atoms with Crippen LogP contribution in [-0.2, 0) is 0 Å². The SMILES string of the molecule is [B]c1c([B])c([B])c(-c2nc(-c3ccc4c(c3)sc3ccccc34)nc(-c3cc(N4c5ccccc5-c5cccc6cccc4c56)cc4ccccc34)n2)c([B])c1[B]. The van der Waals surface area contributed by atoms with E-state index in [4.69, 9.17) is 54.2 Å². The standard InChI is InChI=1S/C47H23B5N4S/c48-40-39(41(49)43(51)44(52)42(40)50)47-54-45(26-19-20-31-30-14-4-6-18-36(30)57-37(31)22-26)53-46(55-47)33-23-27(21-25-9-1-2-12-28(25)33)56-34-16-5-3-13-29(34)32-15-7-10-24-11-8-17-35(56)38(24)32/h1-23H. The van der Waals surface area contributed by atoms with Crippen molar-refractivity contribution in [2.45, 2.75) is 0 Å². The molecule has 4 nitrogen and oxygen atoms in total. The zero-order valence-electron chi connectivity index (χ0n) is 30.4. The van der Waals surface area contributed by atoms with Gasteiger partial charge < -0.3 is 4.90 Å². The second kappa shape index (κ2) is 12.8. The molecule has 0 N–H and O–H groups in total. The molecule has 0 bridgehead atoms. The highest BCUT2D eigenvalue weighted by Gasteiger charge is 2.27. The number of fused-ring (bicyclic) bond motifs is 6. The third kappa shape index (κ3) is 5.17. The second-order valence-electron chi connectivity index (χ2n) is 14.3. The molecule has 11 rings (SSSR count). The first kappa shape index (κ1) is 33.9. The van der Waals surface area contributed by atoms with Crippen LogP contribution in [0.25, 0.3) is 87.0 Å². The van der Waals surface area contributed by atoms with Crippen molar-refractivity contribution >= 4 is 137 Å². The molecule has 252 valence electrons. The molecule has 0 unspecified atom stereocenters. The Kier molecular flexibility index (Phi) is 7.64. The molecule has 1 aliphatic heterocycles. The van der Waals surface area contributed by atoms with Crippen molar-refractivity contribution in [3.8, 4) is 45.3 Å². The van der Waals surface area contributed by atoms with Crippen LogP contribution in [0.4, 0.5) is 17.1 Å². The quantitative estimate of drug-likeness (QED) is 0.184. The Hall–Kier alpha value is -6.37. The molecule has 0 saturated carbocycles. The van der Waals surface area contributed by atoms with Gasteiger partial charge in [0.05, 0.1) is 11.4 Å². The van der Waals surface area contributed by atoms with Crippen LogP contribution in [-0.4, -0.2) is 54.2 Å². The van der Waals surface area contributed by atoms with E-state index in [1.165, 1.54) is 31.8 Å². The Labute approximate surface area is 339 Å². The molecule has 1 aliphatic rings. The van der Waals surface area contributed by atoms with Crippen molar-refractivity contribution in [2.75, 3.05) is 4.90 Å². The van der Waals surface area contributed by atoms with Gasteiger partial charge >= 0.3 is 0 Å². The molecule has 57 heavy (non-hydrogen) atoms. The number of nitrogens with zero attached hydrogens (tertiary/aromatic N) is 4. The summed E-state index contributed by atoms with van der Waals surface area (Å²) in [4.78, 5) is 17.7. The second-order valence-corrected chi connectivity index (χ2v) is 15.4. The zero-order chi connectivity index (χ0) is 38.5. The summed E-state index contributed by atoms with van der Waals surface area (Å²) in [6, 6.07) is 48.8. The summed E-state index contributed by atoms with van der Waals surface area (Å²) < 4.78 is 2.32. The molecule has 10 aromatic rings. The van der Waals surface area contributed by atoms with E-state index >= 15 is 0 Å². The van der Waals surface area contributed by atoms with E-state index in [1.807, 2.05) is 18.2 Å². The van der Waals surface area contributed by atoms with Crippen LogP contribution in [0.3, 0.4) is 0 Å². The normalized spacial score (nSPS) is 12.2. The van der Waals surface area contributed by atoms with Crippen LogP contribution in [0, 0.1) is 0 Å². The van der Waals surface area contributed by atoms with Gasteiger partial charge in [-0.2, -0.15) is 0 Å². The maximum atomic E-state index is 6.67. The number of para-hydroxylation sites is 1. The first-order chi connectivity index (χ1) is 27.8. The maximum absolute atomic E-state index is 6.67. The van der Waals surface area contributed by atoms with E-state index < -0.39 is 0 Å². The lowest BCUT2D eigenvalue weighted by Crippen LogP contribution is -2.55. The Bertz CT molecular complexity index is 3310. The lowest BCUT2D eigenvalue weighted by atomic mass is 9.60. The average molecular weight is 730 g/mol. The monoisotopic (exact) mass is 730 g/mol. The minimum Gasteiger partial charge on any atom is -0.309 e. The number of aromatic nitrogens is 3. The van der Waals surface area contributed by atoms with E-state index in [0.29, 0.717) is 17.2 Å². The summed E-state index contributed by atoms with van der Waals surface area (Å²) in [5.74, 6) is 1.11. The first-order valence-electron chi connectivity index (χ1n) is 18.5. The number of benzene rings is 8. The van der Waals surface area contributed by atoms with E-state index in [-0.39, 0.29) is 33.1 Å². The van der Waals surface area contributed by atoms with Gasteiger partial charge in [0.15, 0.2) is 17.5 Å². The predicted octanol–water partition coefficient (Wildman–Crippen LogP) is 6.97. The molecule has 2 aromatic heterocycles. The van der Waals surface area contributed by atoms with E-state index in [1.54, 1.807) is 11.3 Å². The topological polar surface area (TPSA) is 41.9 Å². The van der Waals surface area contributed by atoms with Crippen molar-refractivity contribution in [2.24, 2.45) is 0 Å². The van der Waals surface area contributed by atoms with Crippen molar-refractivity contribution in [3.63, 3.8) is 0 Å². The van der Waals surface area contributed by atoms with E-state index in [9.17, 15) is 0 Å². The van der Waals surface area contributed by atoms with Crippen LogP contribution in [0.1, 0.15) is 0 Å². The fourth-order valence-corrected chi connectivity index (χ4v) is 9.48. The summed E-state index contributed by atoms with van der Waals surface area (Å²) in [6.07, 6.45) is 0. The Morgan fingerprint density at radius 2 is 1.04 bits per heavy atom. The summed E-state index contributed by atoms with van der Waals surface area (Å²) in [5.41, 5.74) is 8.05. The molecule has 10 heteroatoms. The maximum Gasteiger partial charge on any atom is 0.164 e. The molecule has 3 heterocycles. The van der Waals surface area contributed by atoms with E-state index in [0.717, 1.165) is 49.2 Å². The van der Waals surface area contributed by atoms with Crippen LogP contribution in [0.5, 0.6) is 0 Å². The van der Waals surface area contributed by atoms with Gasteiger partial charge in [-0.05, 0) is 58.1 Å². The number of hydrogen-bond acceptors (Lipinski definition) is 5. The molecule has 0 spiro atoms. The van der Waals surface area contributed by atoms with Crippen LogP contribution in [0.2, 0.25) is 0 Å². The number of anilines is 3. The zero-order valence-corrected chi connectivity index (χ0v) is 31.2. The molecular weight excluding hydrogens is 707 g/mol. The lowest BCUT2D eigenvalue weighted by molar-refractivity contribution is 1.08. The van der Waals surface area contributed by atoms with Gasteiger partial charge in [0.25, 0.3) is 0 Å². The number of hydrogen-bond donors (Lipinski definition) is 0. The largest absolute Gasteiger partial charge is 0.309 e. The molecule has 0 aliphatic carbocycles. The Morgan fingerprint density at radius 1 is 0.421 bits per heavy atom.